The Morgan fingerprint density at radius 2 is 0.475 bits per heavy atom. The van der Waals surface area contributed by atoms with Gasteiger partial charge in [-0.2, -0.15) is 0 Å². The third kappa shape index (κ3) is 5.40. The summed E-state index contributed by atoms with van der Waals surface area (Å²) >= 11 is 0. The molecule has 0 saturated heterocycles. The van der Waals surface area contributed by atoms with E-state index >= 15 is 0 Å². The zero-order valence-corrected chi connectivity index (χ0v) is 32.0. The van der Waals surface area contributed by atoms with Crippen LogP contribution in [0.1, 0.15) is 0 Å². The number of hydrogen-bond acceptors (Lipinski definition) is 2. The highest BCUT2D eigenvalue weighted by molar-refractivity contribution is 6.13. The van der Waals surface area contributed by atoms with E-state index in [1.807, 2.05) is 0 Å². The van der Waals surface area contributed by atoms with Gasteiger partial charge in [0.2, 0.25) is 0 Å². The van der Waals surface area contributed by atoms with Crippen LogP contribution in [0.2, 0.25) is 0 Å². The number of nitrogens with one attached hydrogen (secondary N) is 2. The lowest BCUT2D eigenvalue weighted by Gasteiger charge is -2.10. The Balaban J connectivity index is 0.952. The molecule has 2 N–H and O–H groups in total. The van der Waals surface area contributed by atoms with Gasteiger partial charge >= 0.3 is 0 Å². The van der Waals surface area contributed by atoms with Gasteiger partial charge in [-0.05, 0) is 121 Å². The highest BCUT2D eigenvalue weighted by Crippen LogP contribution is 2.39. The summed E-state index contributed by atoms with van der Waals surface area (Å²) in [6.45, 7) is 0. The second kappa shape index (κ2) is 13.3. The molecule has 0 aliphatic rings. The van der Waals surface area contributed by atoms with Crippen LogP contribution < -0.4 is 10.6 Å². The van der Waals surface area contributed by atoms with Crippen molar-refractivity contribution in [2.24, 2.45) is 0 Å². The largest absolute Gasteiger partial charge is 0.355 e. The number of benzene rings is 9. The van der Waals surface area contributed by atoms with E-state index < -0.39 is 0 Å². The normalized spacial score (nSPS) is 11.7. The SMILES string of the molecule is c1ccc(-n2c3ccccc3c3cc(Nc4ccc5c(c4)c4cc(Nc6ccc7c(c6)c6ccccc6n7-c6ccccc6)ccc4n5-c4ccccc4)ccc32)cc1. The van der Waals surface area contributed by atoms with Gasteiger partial charge in [0.25, 0.3) is 0 Å². The number of rotatable bonds is 7. The summed E-state index contributed by atoms with van der Waals surface area (Å²) in [6, 6.07) is 76.1. The van der Waals surface area contributed by atoms with Gasteiger partial charge in [-0.15, -0.1) is 0 Å². The molecule has 278 valence electrons. The van der Waals surface area contributed by atoms with E-state index in [-0.39, 0.29) is 0 Å². The van der Waals surface area contributed by atoms with Crippen molar-refractivity contribution in [2.75, 3.05) is 10.6 Å². The molecule has 3 heterocycles. The topological polar surface area (TPSA) is 38.9 Å². The molecule has 5 heteroatoms. The summed E-state index contributed by atoms with van der Waals surface area (Å²) in [6.07, 6.45) is 0. The molecule has 0 amide bonds. The van der Waals surface area contributed by atoms with Crippen LogP contribution in [0.15, 0.2) is 212 Å². The number of anilines is 4. The summed E-state index contributed by atoms with van der Waals surface area (Å²) < 4.78 is 7.07. The molecule has 9 aromatic carbocycles. The van der Waals surface area contributed by atoms with Crippen molar-refractivity contribution in [1.29, 1.82) is 0 Å². The lowest BCUT2D eigenvalue weighted by atomic mass is 10.1. The van der Waals surface area contributed by atoms with Gasteiger partial charge in [-0.3, -0.25) is 0 Å². The van der Waals surface area contributed by atoms with Crippen molar-refractivity contribution in [3.05, 3.63) is 212 Å². The minimum atomic E-state index is 1.04. The van der Waals surface area contributed by atoms with Crippen molar-refractivity contribution >= 4 is 88.2 Å². The van der Waals surface area contributed by atoms with Crippen molar-refractivity contribution in [2.45, 2.75) is 0 Å². The molecule has 0 aliphatic carbocycles. The maximum absolute atomic E-state index is 3.78. The van der Waals surface area contributed by atoms with Gasteiger partial charge in [0, 0.05) is 72.1 Å². The molecular formula is C54H37N5. The van der Waals surface area contributed by atoms with Gasteiger partial charge in [-0.25, -0.2) is 0 Å². The van der Waals surface area contributed by atoms with Gasteiger partial charge in [0.15, 0.2) is 0 Å². The van der Waals surface area contributed by atoms with Crippen LogP contribution in [0, 0.1) is 0 Å². The van der Waals surface area contributed by atoms with Gasteiger partial charge in [0.1, 0.15) is 0 Å². The average Bonchev–Trinajstić information content (AvgIpc) is 3.92. The summed E-state index contributed by atoms with van der Waals surface area (Å²) in [7, 11) is 0. The lowest BCUT2D eigenvalue weighted by Crippen LogP contribution is -1.95. The molecule has 0 spiro atoms. The number of hydrogen-bond donors (Lipinski definition) is 2. The van der Waals surface area contributed by atoms with Crippen molar-refractivity contribution < 1.29 is 0 Å². The molecule has 3 aromatic heterocycles. The van der Waals surface area contributed by atoms with E-state index in [0.29, 0.717) is 0 Å². The molecule has 0 radical (unpaired) electrons. The molecule has 0 aliphatic heterocycles. The second-order valence-corrected chi connectivity index (χ2v) is 15.2. The third-order valence-electron chi connectivity index (χ3n) is 11.7. The Labute approximate surface area is 340 Å². The lowest BCUT2D eigenvalue weighted by molar-refractivity contribution is 1.18. The van der Waals surface area contributed by atoms with E-state index in [0.717, 1.165) is 50.8 Å². The maximum atomic E-state index is 3.78. The Bertz CT molecular complexity index is 3320. The van der Waals surface area contributed by atoms with E-state index in [4.69, 9.17) is 0 Å². The second-order valence-electron chi connectivity index (χ2n) is 15.2. The van der Waals surface area contributed by atoms with Gasteiger partial charge in [-0.1, -0.05) is 91.0 Å². The maximum Gasteiger partial charge on any atom is 0.0542 e. The monoisotopic (exact) mass is 755 g/mol. The van der Waals surface area contributed by atoms with Crippen molar-refractivity contribution in [3.8, 4) is 17.1 Å². The van der Waals surface area contributed by atoms with E-state index in [1.54, 1.807) is 0 Å². The molecule has 5 nitrogen and oxygen atoms in total. The highest BCUT2D eigenvalue weighted by atomic mass is 15.0. The quantitative estimate of drug-likeness (QED) is 0.170. The van der Waals surface area contributed by atoms with E-state index in [9.17, 15) is 0 Å². The number of fused-ring (bicyclic) bond motifs is 9. The molecule has 0 saturated carbocycles. The Kier molecular flexibility index (Phi) is 7.47. The summed E-state index contributed by atoms with van der Waals surface area (Å²) in [5.74, 6) is 0. The first kappa shape index (κ1) is 33.2. The summed E-state index contributed by atoms with van der Waals surface area (Å²) in [5, 5.41) is 14.8. The number of nitrogens with zero attached hydrogens (tertiary/aromatic N) is 3. The van der Waals surface area contributed by atoms with Crippen molar-refractivity contribution in [3.63, 3.8) is 0 Å². The first-order valence-electron chi connectivity index (χ1n) is 20.1. The van der Waals surface area contributed by atoms with E-state index in [2.05, 4.69) is 237 Å². The predicted molar refractivity (Wildman–Crippen MR) is 249 cm³/mol. The predicted octanol–water partition coefficient (Wildman–Crippen LogP) is 14.5. The minimum Gasteiger partial charge on any atom is -0.355 e. The number of para-hydroxylation sites is 5. The zero-order chi connectivity index (χ0) is 38.9. The van der Waals surface area contributed by atoms with Crippen LogP contribution in [0.5, 0.6) is 0 Å². The molecule has 12 rings (SSSR count). The molecule has 0 unspecified atom stereocenters. The Hall–Kier alpha value is -8.02. The smallest absolute Gasteiger partial charge is 0.0542 e. The van der Waals surface area contributed by atoms with Gasteiger partial charge < -0.3 is 24.3 Å². The van der Waals surface area contributed by atoms with Crippen LogP contribution >= 0.6 is 0 Å². The molecule has 0 bridgehead atoms. The summed E-state index contributed by atoms with van der Waals surface area (Å²) in [4.78, 5) is 0. The number of aromatic nitrogens is 3. The van der Waals surface area contributed by atoms with E-state index in [1.165, 1.54) is 54.4 Å². The van der Waals surface area contributed by atoms with Crippen LogP contribution in [0.25, 0.3) is 82.5 Å². The van der Waals surface area contributed by atoms with Crippen LogP contribution in [-0.2, 0) is 0 Å². The molecule has 59 heavy (non-hydrogen) atoms. The first-order valence-corrected chi connectivity index (χ1v) is 20.1. The first-order chi connectivity index (χ1) is 29.2. The minimum absolute atomic E-state index is 1.04. The fourth-order valence-corrected chi connectivity index (χ4v) is 9.18. The van der Waals surface area contributed by atoms with Crippen LogP contribution in [0.3, 0.4) is 0 Å². The highest BCUT2D eigenvalue weighted by Gasteiger charge is 2.17. The zero-order valence-electron chi connectivity index (χ0n) is 32.0. The standard InChI is InChI=1S/C54H37N5/c1-4-14-40(15-5-1)57-49-22-12-10-20-43(49)45-32-36(24-28-51(45)57)55-38-26-30-53-47(34-38)48-35-39(27-31-54(48)59(53)42-18-8-3-9-19-42)56-37-25-29-52-46(33-37)44-21-11-13-23-50(44)58(52)41-16-6-2-7-17-41/h1-35,55-56H. The van der Waals surface area contributed by atoms with Crippen LogP contribution in [-0.4, -0.2) is 13.7 Å². The molecule has 0 fully saturated rings. The fraction of sp³-hybridized carbons (Fsp3) is 0. The van der Waals surface area contributed by atoms with Gasteiger partial charge in [0.05, 0.1) is 33.1 Å². The molecule has 12 aromatic rings. The fourth-order valence-electron chi connectivity index (χ4n) is 9.18. The summed E-state index contributed by atoms with van der Waals surface area (Å²) in [5.41, 5.74) is 14.7. The molecular weight excluding hydrogens is 719 g/mol. The average molecular weight is 756 g/mol. The third-order valence-corrected chi connectivity index (χ3v) is 11.7. The Morgan fingerprint density at radius 1 is 0.220 bits per heavy atom. The Morgan fingerprint density at radius 3 is 0.797 bits per heavy atom. The van der Waals surface area contributed by atoms with Crippen LogP contribution in [0.4, 0.5) is 22.7 Å². The molecule has 0 atom stereocenters. The van der Waals surface area contributed by atoms with Crippen molar-refractivity contribution in [1.82, 2.24) is 13.7 Å².